The molecule has 5 heteroatoms. The molecule has 0 aliphatic rings. The maximum atomic E-state index is 10.0. The van der Waals surface area contributed by atoms with Crippen molar-refractivity contribution < 1.29 is 9.59 Å². The molecule has 0 saturated heterocycles. The predicted molar refractivity (Wildman–Crippen MR) is 63.7 cm³/mol. The quantitative estimate of drug-likeness (QED) is 0.532. The lowest BCUT2D eigenvalue weighted by atomic mass is 10.3. The average Bonchev–Trinajstić information content (AvgIpc) is 2.22. The lowest BCUT2D eigenvalue weighted by Crippen LogP contribution is -2.27. The number of nitrogens with one attached hydrogen (secondary N) is 1. The van der Waals surface area contributed by atoms with Crippen molar-refractivity contribution in [1.82, 2.24) is 5.32 Å². The van der Waals surface area contributed by atoms with E-state index in [9.17, 15) is 4.79 Å². The minimum atomic E-state index is 0.289. The highest BCUT2D eigenvalue weighted by Crippen LogP contribution is 1.84. The van der Waals surface area contributed by atoms with Gasteiger partial charge in [-0.2, -0.15) is 0 Å². The molecule has 0 amide bonds. The molecular formula is C10H25N3O2. The predicted octanol–water partition coefficient (Wildman–Crippen LogP) is -0.316. The normalized spacial score (nSPS) is 8.00. The summed E-state index contributed by atoms with van der Waals surface area (Å²) in [5.74, 6) is 0.289. The summed E-state index contributed by atoms with van der Waals surface area (Å²) in [6, 6.07) is 0. The van der Waals surface area contributed by atoms with E-state index in [4.69, 9.17) is 16.3 Å². The first-order valence-electron chi connectivity index (χ1n) is 5.08. The van der Waals surface area contributed by atoms with Gasteiger partial charge in [0.05, 0.1) is 0 Å². The van der Waals surface area contributed by atoms with Gasteiger partial charge in [-0.25, -0.2) is 0 Å². The molecule has 92 valence electrons. The molecule has 0 heterocycles. The van der Waals surface area contributed by atoms with Crippen LogP contribution in [0, 0.1) is 0 Å². The lowest BCUT2D eigenvalue weighted by Gasteiger charge is -1.95. The van der Waals surface area contributed by atoms with Crippen molar-refractivity contribution >= 4 is 12.6 Å². The van der Waals surface area contributed by atoms with Gasteiger partial charge in [0.15, 0.2) is 0 Å². The van der Waals surface area contributed by atoms with Crippen molar-refractivity contribution in [3.63, 3.8) is 0 Å². The topological polar surface area (TPSA) is 98.2 Å². The Labute approximate surface area is 92.6 Å². The molecule has 5 nitrogen and oxygen atoms in total. The largest absolute Gasteiger partial charge is 0.329 e. The molecule has 0 radical (unpaired) electrons. The number of carbonyl (C=O) groups excluding carboxylic acids is 2. The molecule has 0 aliphatic carbocycles. The van der Waals surface area contributed by atoms with Crippen LogP contribution in [0.15, 0.2) is 0 Å². The van der Waals surface area contributed by atoms with Gasteiger partial charge in [0, 0.05) is 32.6 Å². The highest BCUT2D eigenvalue weighted by molar-refractivity contribution is 5.75. The monoisotopic (exact) mass is 219 g/mol. The molecule has 0 aromatic carbocycles. The highest BCUT2D eigenvalue weighted by atomic mass is 16.1. The highest BCUT2D eigenvalue weighted by Gasteiger charge is 1.83. The second-order valence-corrected chi connectivity index (χ2v) is 2.78. The SMILES string of the molecule is C=O.CCCC(C)=O.NCCNCCN. The number of ketones is 1. The maximum absolute atomic E-state index is 10.0. The van der Waals surface area contributed by atoms with E-state index in [1.54, 1.807) is 6.92 Å². The Kier molecular flexibility index (Phi) is 30.6. The second kappa shape index (κ2) is 23.2. The lowest BCUT2D eigenvalue weighted by molar-refractivity contribution is -0.117. The molecule has 0 spiro atoms. The molecular weight excluding hydrogens is 194 g/mol. The van der Waals surface area contributed by atoms with Gasteiger partial charge in [-0.05, 0) is 13.3 Å². The van der Waals surface area contributed by atoms with Crippen LogP contribution in [0.4, 0.5) is 0 Å². The van der Waals surface area contributed by atoms with Crippen LogP contribution in [-0.4, -0.2) is 38.8 Å². The number of carbonyl (C=O) groups is 2. The van der Waals surface area contributed by atoms with Crippen LogP contribution >= 0.6 is 0 Å². The van der Waals surface area contributed by atoms with Crippen LogP contribution in [0.1, 0.15) is 26.7 Å². The summed E-state index contributed by atoms with van der Waals surface area (Å²) >= 11 is 0. The Morgan fingerprint density at radius 1 is 1.20 bits per heavy atom. The fourth-order valence-corrected chi connectivity index (χ4v) is 0.681. The van der Waals surface area contributed by atoms with Crippen molar-refractivity contribution in [2.45, 2.75) is 26.7 Å². The zero-order valence-corrected chi connectivity index (χ0v) is 9.92. The summed E-state index contributed by atoms with van der Waals surface area (Å²) in [5, 5.41) is 3.03. The molecule has 0 aliphatic heterocycles. The van der Waals surface area contributed by atoms with Gasteiger partial charge in [0.1, 0.15) is 12.6 Å². The number of hydrogen-bond acceptors (Lipinski definition) is 5. The van der Waals surface area contributed by atoms with Gasteiger partial charge >= 0.3 is 0 Å². The van der Waals surface area contributed by atoms with Gasteiger partial charge in [-0.1, -0.05) is 6.92 Å². The molecule has 0 aromatic heterocycles. The van der Waals surface area contributed by atoms with Gasteiger partial charge in [-0.3, -0.25) is 0 Å². The molecule has 0 saturated carbocycles. The Morgan fingerprint density at radius 2 is 1.60 bits per heavy atom. The van der Waals surface area contributed by atoms with Gasteiger partial charge in [-0.15, -0.1) is 0 Å². The minimum Gasteiger partial charge on any atom is -0.329 e. The second-order valence-electron chi connectivity index (χ2n) is 2.78. The summed E-state index contributed by atoms with van der Waals surface area (Å²) < 4.78 is 0. The summed E-state index contributed by atoms with van der Waals surface area (Å²) in [6.45, 7) is 8.75. The van der Waals surface area contributed by atoms with Gasteiger partial charge < -0.3 is 26.4 Å². The van der Waals surface area contributed by atoms with Crippen LogP contribution in [-0.2, 0) is 9.59 Å². The fourth-order valence-electron chi connectivity index (χ4n) is 0.681. The van der Waals surface area contributed by atoms with E-state index in [1.807, 2.05) is 13.7 Å². The molecule has 5 N–H and O–H groups in total. The van der Waals surface area contributed by atoms with E-state index in [-0.39, 0.29) is 5.78 Å². The Hall–Kier alpha value is -0.780. The van der Waals surface area contributed by atoms with E-state index >= 15 is 0 Å². The minimum absolute atomic E-state index is 0.289. The zero-order valence-electron chi connectivity index (χ0n) is 9.92. The summed E-state index contributed by atoms with van der Waals surface area (Å²) in [4.78, 5) is 18.0. The summed E-state index contributed by atoms with van der Waals surface area (Å²) in [5.41, 5.74) is 10.3. The number of rotatable bonds is 6. The van der Waals surface area contributed by atoms with Crippen LogP contribution < -0.4 is 16.8 Å². The van der Waals surface area contributed by atoms with Crippen molar-refractivity contribution in [3.8, 4) is 0 Å². The van der Waals surface area contributed by atoms with Crippen molar-refractivity contribution in [3.05, 3.63) is 0 Å². The first-order valence-corrected chi connectivity index (χ1v) is 5.08. The number of nitrogens with two attached hydrogens (primary N) is 2. The third kappa shape index (κ3) is 43.0. The molecule has 0 fully saturated rings. The Balaban J connectivity index is -0.000000166. The number of hydrogen-bond donors (Lipinski definition) is 3. The van der Waals surface area contributed by atoms with Gasteiger partial charge in [0.25, 0.3) is 0 Å². The first kappa shape index (κ1) is 19.7. The summed E-state index contributed by atoms with van der Waals surface area (Å²) in [7, 11) is 0. The van der Waals surface area contributed by atoms with E-state index in [0.717, 1.165) is 25.9 Å². The third-order valence-electron chi connectivity index (χ3n) is 1.24. The Bertz CT molecular complexity index is 117. The van der Waals surface area contributed by atoms with E-state index in [0.29, 0.717) is 13.1 Å². The molecule has 0 atom stereocenters. The molecule has 0 bridgehead atoms. The zero-order chi connectivity index (χ0) is 12.5. The summed E-state index contributed by atoms with van der Waals surface area (Å²) in [6.07, 6.45) is 1.72. The molecule has 0 aromatic rings. The van der Waals surface area contributed by atoms with Crippen molar-refractivity contribution in [2.24, 2.45) is 11.5 Å². The standard InChI is InChI=1S/C5H10O.C4H13N3.CH2O/c1-3-4-5(2)6;5-1-3-7-4-2-6;1-2/h3-4H2,1-2H3;7H,1-6H2;1H2. The van der Waals surface area contributed by atoms with E-state index in [1.165, 1.54) is 0 Å². The van der Waals surface area contributed by atoms with E-state index < -0.39 is 0 Å². The number of Topliss-reactive ketones (excluding diaryl/α,β-unsaturated/α-hetero) is 1. The van der Waals surface area contributed by atoms with Crippen molar-refractivity contribution in [1.29, 1.82) is 0 Å². The van der Waals surface area contributed by atoms with Crippen LogP contribution in [0.2, 0.25) is 0 Å². The average molecular weight is 219 g/mol. The first-order chi connectivity index (χ1) is 7.18. The Morgan fingerprint density at radius 3 is 1.73 bits per heavy atom. The smallest absolute Gasteiger partial charge is 0.129 e. The molecule has 0 unspecified atom stereocenters. The fraction of sp³-hybridized carbons (Fsp3) is 0.800. The van der Waals surface area contributed by atoms with Crippen LogP contribution in [0.25, 0.3) is 0 Å². The van der Waals surface area contributed by atoms with Crippen molar-refractivity contribution in [2.75, 3.05) is 26.2 Å². The van der Waals surface area contributed by atoms with E-state index in [2.05, 4.69) is 5.32 Å². The van der Waals surface area contributed by atoms with Gasteiger partial charge in [0.2, 0.25) is 0 Å². The van der Waals surface area contributed by atoms with Crippen LogP contribution in [0.5, 0.6) is 0 Å². The molecule has 15 heavy (non-hydrogen) atoms. The maximum Gasteiger partial charge on any atom is 0.129 e. The molecule has 0 rings (SSSR count). The van der Waals surface area contributed by atoms with Crippen LogP contribution in [0.3, 0.4) is 0 Å². The third-order valence-corrected chi connectivity index (χ3v) is 1.24.